The van der Waals surface area contributed by atoms with Gasteiger partial charge in [0, 0.05) is 37.2 Å². The van der Waals surface area contributed by atoms with Crippen molar-refractivity contribution >= 4 is 18.3 Å². The molecule has 4 rings (SSSR count). The van der Waals surface area contributed by atoms with Crippen LogP contribution in [-0.2, 0) is 6.42 Å². The van der Waals surface area contributed by atoms with E-state index in [0.29, 0.717) is 17.9 Å². The molecule has 2 aliphatic heterocycles. The molecule has 27 heavy (non-hydrogen) atoms. The summed E-state index contributed by atoms with van der Waals surface area (Å²) in [5, 5.41) is 0. The lowest BCUT2D eigenvalue weighted by Crippen LogP contribution is -2.33. The Balaban J connectivity index is 0.00000210. The number of benzene rings is 2. The third-order valence-corrected chi connectivity index (χ3v) is 6.30. The normalized spacial score (nSPS) is 24.6. The maximum absolute atomic E-state index is 13.0. The van der Waals surface area contributed by atoms with Crippen LogP contribution in [-0.4, -0.2) is 42.4 Å². The third kappa shape index (κ3) is 3.63. The highest BCUT2D eigenvalue weighted by Gasteiger charge is 2.47. The molecule has 2 heterocycles. The summed E-state index contributed by atoms with van der Waals surface area (Å²) >= 11 is 0. The highest BCUT2D eigenvalue weighted by molar-refractivity contribution is 5.94. The van der Waals surface area contributed by atoms with Crippen LogP contribution in [0.3, 0.4) is 0 Å². The summed E-state index contributed by atoms with van der Waals surface area (Å²) in [7, 11) is 2.23. The molecule has 2 aliphatic rings. The molecule has 1 amide bonds. The Labute approximate surface area is 168 Å². The van der Waals surface area contributed by atoms with Crippen LogP contribution in [0.5, 0.6) is 0 Å². The second-order valence-electron chi connectivity index (χ2n) is 7.93. The number of carbonyl (C=O) groups is 1. The summed E-state index contributed by atoms with van der Waals surface area (Å²) in [5.41, 5.74) is 4.87. The van der Waals surface area contributed by atoms with E-state index in [2.05, 4.69) is 67.1 Å². The summed E-state index contributed by atoms with van der Waals surface area (Å²) in [4.78, 5) is 17.5. The van der Waals surface area contributed by atoms with Gasteiger partial charge in [-0.25, -0.2) is 0 Å². The molecule has 0 radical (unpaired) electrons. The third-order valence-electron chi connectivity index (χ3n) is 6.30. The van der Waals surface area contributed by atoms with Crippen molar-refractivity contribution < 1.29 is 4.79 Å². The lowest BCUT2D eigenvalue weighted by Gasteiger charge is -2.28. The smallest absolute Gasteiger partial charge is 0.253 e. The van der Waals surface area contributed by atoms with Crippen LogP contribution in [0.15, 0.2) is 48.5 Å². The van der Waals surface area contributed by atoms with Gasteiger partial charge in [0.15, 0.2) is 0 Å². The zero-order chi connectivity index (χ0) is 18.3. The van der Waals surface area contributed by atoms with Crippen molar-refractivity contribution in [2.75, 3.05) is 26.7 Å². The Morgan fingerprint density at radius 2 is 1.74 bits per heavy atom. The Hall–Kier alpha value is -1.84. The van der Waals surface area contributed by atoms with Crippen molar-refractivity contribution in [1.29, 1.82) is 0 Å². The number of aryl methyl sites for hydroxylation is 2. The molecular weight excluding hydrogens is 356 g/mol. The van der Waals surface area contributed by atoms with Gasteiger partial charge in [-0.1, -0.05) is 43.3 Å². The van der Waals surface area contributed by atoms with E-state index in [4.69, 9.17) is 0 Å². The number of nitrogens with zero attached hydrogens (tertiary/aromatic N) is 2. The molecule has 2 aromatic rings. The molecule has 2 saturated heterocycles. The van der Waals surface area contributed by atoms with Crippen molar-refractivity contribution in [3.05, 3.63) is 70.8 Å². The van der Waals surface area contributed by atoms with Crippen LogP contribution in [0.4, 0.5) is 0 Å². The number of amides is 1. The molecule has 4 heteroatoms. The summed E-state index contributed by atoms with van der Waals surface area (Å²) in [6, 6.07) is 17.2. The largest absolute Gasteiger partial charge is 0.338 e. The topological polar surface area (TPSA) is 23.6 Å². The van der Waals surface area contributed by atoms with E-state index in [-0.39, 0.29) is 18.3 Å². The summed E-state index contributed by atoms with van der Waals surface area (Å²) in [5.74, 6) is 1.29. The molecule has 0 aliphatic carbocycles. The van der Waals surface area contributed by atoms with Gasteiger partial charge in [-0.15, -0.1) is 12.4 Å². The Kier molecular flexibility index (Phi) is 5.92. The van der Waals surface area contributed by atoms with Gasteiger partial charge in [0.25, 0.3) is 5.91 Å². The van der Waals surface area contributed by atoms with Crippen molar-refractivity contribution in [3.63, 3.8) is 0 Å². The molecule has 0 unspecified atom stereocenters. The van der Waals surface area contributed by atoms with Crippen molar-refractivity contribution in [3.8, 4) is 0 Å². The van der Waals surface area contributed by atoms with Crippen molar-refractivity contribution in [2.45, 2.75) is 26.3 Å². The first-order valence-corrected chi connectivity index (χ1v) is 9.72. The standard InChI is InChI=1S/C23H28N2O.ClH/c1-4-17-9-11-18(12-10-17)23(26)25-14-19-13-24(3)22(21(19)15-25)20-8-6-5-7-16(20)2;/h5-12,19,21-22H,4,13-15H2,1-3H3;1H/t19-,21+,22-;/m0./s1. The zero-order valence-corrected chi connectivity index (χ0v) is 17.2. The molecular formula is C23H29ClN2O. The van der Waals surface area contributed by atoms with E-state index < -0.39 is 0 Å². The maximum Gasteiger partial charge on any atom is 0.253 e. The predicted octanol–water partition coefficient (Wildman–Crippen LogP) is 4.35. The van der Waals surface area contributed by atoms with E-state index in [9.17, 15) is 4.79 Å². The summed E-state index contributed by atoms with van der Waals surface area (Å²) < 4.78 is 0. The van der Waals surface area contributed by atoms with Gasteiger partial charge in [0.1, 0.15) is 0 Å². The van der Waals surface area contributed by atoms with Gasteiger partial charge in [-0.05, 0) is 55.1 Å². The minimum atomic E-state index is 0. The van der Waals surface area contributed by atoms with Gasteiger partial charge in [0.05, 0.1) is 0 Å². The van der Waals surface area contributed by atoms with Gasteiger partial charge in [0.2, 0.25) is 0 Å². The molecule has 0 bridgehead atoms. The average molecular weight is 385 g/mol. The molecule has 0 aromatic heterocycles. The molecule has 0 saturated carbocycles. The first-order valence-electron chi connectivity index (χ1n) is 9.72. The molecule has 3 atom stereocenters. The molecule has 0 N–H and O–H groups in total. The number of halogens is 1. The number of carbonyl (C=O) groups excluding carboxylic acids is 1. The van der Waals surface area contributed by atoms with Gasteiger partial charge >= 0.3 is 0 Å². The van der Waals surface area contributed by atoms with E-state index >= 15 is 0 Å². The fourth-order valence-electron chi connectivity index (χ4n) is 4.88. The molecule has 3 nitrogen and oxygen atoms in total. The average Bonchev–Trinajstić information content (AvgIpc) is 3.19. The second-order valence-corrected chi connectivity index (χ2v) is 7.93. The molecule has 0 spiro atoms. The van der Waals surface area contributed by atoms with Crippen molar-refractivity contribution in [1.82, 2.24) is 9.80 Å². The van der Waals surface area contributed by atoms with Crippen molar-refractivity contribution in [2.24, 2.45) is 11.8 Å². The van der Waals surface area contributed by atoms with E-state index in [1.54, 1.807) is 0 Å². The maximum atomic E-state index is 13.0. The number of likely N-dealkylation sites (tertiary alicyclic amines) is 2. The van der Waals surface area contributed by atoms with Gasteiger partial charge in [-0.3, -0.25) is 9.69 Å². The fourth-order valence-corrected chi connectivity index (χ4v) is 4.88. The van der Waals surface area contributed by atoms with Crippen LogP contribution >= 0.6 is 12.4 Å². The van der Waals surface area contributed by atoms with E-state index in [0.717, 1.165) is 31.6 Å². The number of hydrogen-bond acceptors (Lipinski definition) is 2. The monoisotopic (exact) mass is 384 g/mol. The van der Waals surface area contributed by atoms with Crippen LogP contribution < -0.4 is 0 Å². The van der Waals surface area contributed by atoms with Gasteiger partial charge in [-0.2, -0.15) is 0 Å². The lowest BCUT2D eigenvalue weighted by molar-refractivity contribution is 0.0768. The Bertz CT molecular complexity index is 804. The predicted molar refractivity (Wildman–Crippen MR) is 113 cm³/mol. The van der Waals surface area contributed by atoms with E-state index in [1.165, 1.54) is 16.7 Å². The summed E-state index contributed by atoms with van der Waals surface area (Å²) in [6.07, 6.45) is 1.01. The van der Waals surface area contributed by atoms with Crippen LogP contribution in [0.2, 0.25) is 0 Å². The Morgan fingerprint density at radius 1 is 1.04 bits per heavy atom. The van der Waals surface area contributed by atoms with E-state index in [1.807, 2.05) is 12.1 Å². The first kappa shape index (κ1) is 19.9. The molecule has 144 valence electrons. The fraction of sp³-hybridized carbons (Fsp3) is 0.435. The van der Waals surface area contributed by atoms with Crippen LogP contribution in [0.1, 0.15) is 40.0 Å². The number of rotatable bonds is 3. The highest BCUT2D eigenvalue weighted by Crippen LogP contribution is 2.45. The number of fused-ring (bicyclic) bond motifs is 1. The minimum absolute atomic E-state index is 0. The highest BCUT2D eigenvalue weighted by atomic mass is 35.5. The quantitative estimate of drug-likeness (QED) is 0.785. The van der Waals surface area contributed by atoms with Crippen LogP contribution in [0, 0.1) is 18.8 Å². The minimum Gasteiger partial charge on any atom is -0.338 e. The second kappa shape index (κ2) is 8.04. The van der Waals surface area contributed by atoms with Crippen LogP contribution in [0.25, 0.3) is 0 Å². The Morgan fingerprint density at radius 3 is 2.41 bits per heavy atom. The first-order chi connectivity index (χ1) is 12.6. The number of hydrogen-bond donors (Lipinski definition) is 0. The summed E-state index contributed by atoms with van der Waals surface area (Å²) in [6.45, 7) is 7.15. The lowest BCUT2D eigenvalue weighted by atomic mass is 9.88. The SMILES string of the molecule is CCc1ccc(C(=O)N2C[C@@H]3CN(C)[C@@H](c4ccccc4C)[C@@H]3C2)cc1.Cl. The zero-order valence-electron chi connectivity index (χ0n) is 16.4. The molecule has 2 aromatic carbocycles. The van der Waals surface area contributed by atoms with Gasteiger partial charge < -0.3 is 4.90 Å². The molecule has 2 fully saturated rings.